The number of hydrogen-bond acceptors (Lipinski definition) is 6. The van der Waals surface area contributed by atoms with Gasteiger partial charge in [0.25, 0.3) is 0 Å². The molecule has 1 aliphatic rings. The van der Waals surface area contributed by atoms with Crippen LogP contribution < -0.4 is 19.9 Å². The molecule has 0 fully saturated rings. The number of H-pyrrole nitrogens is 1. The number of ether oxygens (including phenoxy) is 3. The van der Waals surface area contributed by atoms with Gasteiger partial charge in [0.05, 0.1) is 27.4 Å². The van der Waals surface area contributed by atoms with Crippen LogP contribution in [0.5, 0.6) is 17.2 Å². The third-order valence-electron chi connectivity index (χ3n) is 8.06. The summed E-state index contributed by atoms with van der Waals surface area (Å²) in [6.45, 7) is 5.64. The number of primary amides is 1. The second-order valence-corrected chi connectivity index (χ2v) is 10.2. The van der Waals surface area contributed by atoms with Crippen LogP contribution in [0.3, 0.4) is 0 Å². The van der Waals surface area contributed by atoms with Crippen molar-refractivity contribution in [2.24, 2.45) is 5.73 Å². The predicted octanol–water partition coefficient (Wildman–Crippen LogP) is 5.47. The molecule has 8 heteroatoms. The first-order valence-corrected chi connectivity index (χ1v) is 14.0. The van der Waals surface area contributed by atoms with Crippen molar-refractivity contribution in [3.8, 4) is 28.6 Å². The fourth-order valence-electron chi connectivity index (χ4n) is 6.27. The number of aromatic nitrogens is 2. The number of benzene rings is 3. The molecule has 0 bridgehead atoms. The van der Waals surface area contributed by atoms with Gasteiger partial charge < -0.3 is 24.9 Å². The number of aromatic amines is 1. The zero-order valence-electron chi connectivity index (χ0n) is 24.4. The number of carbonyl (C=O) groups excluding carboxylic acids is 1. The molecule has 5 rings (SSSR count). The summed E-state index contributed by atoms with van der Waals surface area (Å²) in [5, 5.41) is 0. The van der Waals surface area contributed by atoms with E-state index in [9.17, 15) is 4.79 Å². The highest BCUT2D eigenvalue weighted by Crippen LogP contribution is 2.49. The number of amides is 1. The first-order chi connectivity index (χ1) is 19.9. The third-order valence-corrected chi connectivity index (χ3v) is 8.06. The third kappa shape index (κ3) is 5.15. The molecule has 1 aromatic heterocycles. The van der Waals surface area contributed by atoms with Crippen molar-refractivity contribution in [2.75, 3.05) is 27.9 Å². The number of rotatable bonds is 10. The molecule has 1 amide bonds. The molecule has 1 atom stereocenters. The number of hydrogen-bond donors (Lipinski definition) is 2. The van der Waals surface area contributed by atoms with Crippen LogP contribution in [-0.2, 0) is 25.8 Å². The van der Waals surface area contributed by atoms with Gasteiger partial charge in [0.2, 0.25) is 11.7 Å². The minimum absolute atomic E-state index is 0.127. The SMILES string of the molecule is CCc1c(C(N)=O)ccc(C2c3cc(OC)c(OC)c(OC)c3CCN2Cc2cnc(-c3ccccc3)[nH]2)c1CC. The molecule has 0 aliphatic carbocycles. The Labute approximate surface area is 241 Å². The van der Waals surface area contributed by atoms with Gasteiger partial charge in [-0.25, -0.2) is 4.98 Å². The van der Waals surface area contributed by atoms with Crippen LogP contribution >= 0.6 is 0 Å². The van der Waals surface area contributed by atoms with Crippen LogP contribution in [0.4, 0.5) is 0 Å². The van der Waals surface area contributed by atoms with Crippen molar-refractivity contribution in [1.29, 1.82) is 0 Å². The Kier molecular flexibility index (Phi) is 8.31. The number of carbonyl (C=O) groups is 1. The second kappa shape index (κ2) is 12.1. The summed E-state index contributed by atoms with van der Waals surface area (Å²) in [5.74, 6) is 2.35. The van der Waals surface area contributed by atoms with E-state index in [1.165, 1.54) is 0 Å². The predicted molar refractivity (Wildman–Crippen MR) is 160 cm³/mol. The van der Waals surface area contributed by atoms with Crippen molar-refractivity contribution in [1.82, 2.24) is 14.9 Å². The number of fused-ring (bicyclic) bond motifs is 1. The summed E-state index contributed by atoms with van der Waals surface area (Å²) in [7, 11) is 4.94. The fourth-order valence-corrected chi connectivity index (χ4v) is 6.27. The Morgan fingerprint density at radius 1 is 0.976 bits per heavy atom. The van der Waals surface area contributed by atoms with E-state index in [4.69, 9.17) is 19.9 Å². The summed E-state index contributed by atoms with van der Waals surface area (Å²) >= 11 is 0. The largest absolute Gasteiger partial charge is 0.493 e. The molecule has 1 unspecified atom stereocenters. The van der Waals surface area contributed by atoms with E-state index < -0.39 is 5.91 Å². The van der Waals surface area contributed by atoms with E-state index in [-0.39, 0.29) is 6.04 Å². The minimum atomic E-state index is -0.400. The average Bonchev–Trinajstić information content (AvgIpc) is 3.47. The number of nitrogens with zero attached hydrogens (tertiary/aromatic N) is 2. The average molecular weight is 555 g/mol. The first kappa shape index (κ1) is 28.2. The first-order valence-electron chi connectivity index (χ1n) is 14.0. The fraction of sp³-hybridized carbons (Fsp3) is 0.333. The molecule has 1 aliphatic heterocycles. The highest BCUT2D eigenvalue weighted by molar-refractivity contribution is 5.95. The van der Waals surface area contributed by atoms with Crippen molar-refractivity contribution >= 4 is 5.91 Å². The molecule has 3 N–H and O–H groups in total. The molecule has 0 spiro atoms. The van der Waals surface area contributed by atoms with E-state index in [1.54, 1.807) is 21.3 Å². The lowest BCUT2D eigenvalue weighted by molar-refractivity contribution is 0.0999. The molecule has 0 radical (unpaired) electrons. The Morgan fingerprint density at radius 2 is 1.71 bits per heavy atom. The molecule has 4 aromatic rings. The van der Waals surface area contributed by atoms with E-state index >= 15 is 0 Å². The molecule has 0 saturated carbocycles. The van der Waals surface area contributed by atoms with Crippen LogP contribution in [-0.4, -0.2) is 48.6 Å². The summed E-state index contributed by atoms with van der Waals surface area (Å²) in [4.78, 5) is 23.0. The highest BCUT2D eigenvalue weighted by Gasteiger charge is 2.35. The molecule has 41 heavy (non-hydrogen) atoms. The minimum Gasteiger partial charge on any atom is -0.493 e. The van der Waals surface area contributed by atoms with Crippen LogP contribution in [0.15, 0.2) is 54.7 Å². The van der Waals surface area contributed by atoms with Crippen molar-refractivity contribution in [2.45, 2.75) is 45.7 Å². The summed E-state index contributed by atoms with van der Waals surface area (Å²) in [6, 6.07) is 16.0. The lowest BCUT2D eigenvalue weighted by Gasteiger charge is -2.39. The lowest BCUT2D eigenvalue weighted by atomic mass is 9.81. The summed E-state index contributed by atoms with van der Waals surface area (Å²) in [6.07, 6.45) is 4.17. The molecule has 0 saturated heterocycles. The van der Waals surface area contributed by atoms with Crippen LogP contribution in [0.2, 0.25) is 0 Å². The van der Waals surface area contributed by atoms with Gasteiger partial charge >= 0.3 is 0 Å². The smallest absolute Gasteiger partial charge is 0.248 e. The normalized spacial score (nSPS) is 14.9. The molecule has 8 nitrogen and oxygen atoms in total. The molecular formula is C33H38N4O4. The monoisotopic (exact) mass is 554 g/mol. The number of nitrogens with two attached hydrogens (primary N) is 1. The van der Waals surface area contributed by atoms with E-state index in [0.29, 0.717) is 35.8 Å². The molecule has 2 heterocycles. The van der Waals surface area contributed by atoms with Gasteiger partial charge in [0.1, 0.15) is 5.82 Å². The summed E-state index contributed by atoms with van der Waals surface area (Å²) < 4.78 is 17.4. The van der Waals surface area contributed by atoms with Gasteiger partial charge in [0, 0.05) is 41.7 Å². The standard InChI is InChI=1S/C33H38N4O4/c1-6-22-23(7-2)26(32(34)38)14-13-24(22)29-27-17-28(39-3)31(41-5)30(40-4)25(27)15-16-37(29)19-21-18-35-33(36-21)20-11-9-8-10-12-20/h8-14,17-18,29H,6-7,15-16,19H2,1-5H3,(H2,34,38)(H,35,36). The van der Waals surface area contributed by atoms with E-state index in [1.807, 2.05) is 30.5 Å². The van der Waals surface area contributed by atoms with Crippen LogP contribution in [0.1, 0.15) is 63.8 Å². The Morgan fingerprint density at radius 3 is 2.34 bits per heavy atom. The molecular weight excluding hydrogens is 516 g/mol. The quantitative estimate of drug-likeness (QED) is 0.269. The van der Waals surface area contributed by atoms with Crippen LogP contribution in [0.25, 0.3) is 11.4 Å². The Hall–Kier alpha value is -4.30. The zero-order chi connectivity index (χ0) is 29.1. The van der Waals surface area contributed by atoms with Gasteiger partial charge in [0.15, 0.2) is 11.5 Å². The Bertz CT molecular complexity index is 1550. The number of methoxy groups -OCH3 is 3. The highest BCUT2D eigenvalue weighted by atomic mass is 16.5. The topological polar surface area (TPSA) is 103 Å². The maximum Gasteiger partial charge on any atom is 0.248 e. The van der Waals surface area contributed by atoms with Crippen molar-refractivity contribution in [3.63, 3.8) is 0 Å². The van der Waals surface area contributed by atoms with Crippen molar-refractivity contribution in [3.05, 3.63) is 93.8 Å². The lowest BCUT2D eigenvalue weighted by Crippen LogP contribution is -2.37. The maximum absolute atomic E-state index is 12.4. The van der Waals surface area contributed by atoms with Gasteiger partial charge in [-0.3, -0.25) is 9.69 Å². The van der Waals surface area contributed by atoms with Gasteiger partial charge in [-0.05, 0) is 53.6 Å². The van der Waals surface area contributed by atoms with Crippen molar-refractivity contribution < 1.29 is 19.0 Å². The van der Waals surface area contributed by atoms with E-state index in [2.05, 4.69) is 53.0 Å². The van der Waals surface area contributed by atoms with E-state index in [0.717, 1.165) is 64.3 Å². The number of imidazole rings is 1. The maximum atomic E-state index is 12.4. The van der Waals surface area contributed by atoms with Crippen LogP contribution in [0, 0.1) is 0 Å². The van der Waals surface area contributed by atoms with Gasteiger partial charge in [-0.1, -0.05) is 50.2 Å². The Balaban J connectivity index is 1.68. The van der Waals surface area contributed by atoms with Gasteiger partial charge in [-0.2, -0.15) is 0 Å². The zero-order valence-corrected chi connectivity index (χ0v) is 24.4. The number of nitrogens with one attached hydrogen (secondary N) is 1. The molecule has 214 valence electrons. The second-order valence-electron chi connectivity index (χ2n) is 10.2. The van der Waals surface area contributed by atoms with Gasteiger partial charge in [-0.15, -0.1) is 0 Å². The summed E-state index contributed by atoms with van der Waals surface area (Å²) in [5.41, 5.74) is 13.9. The molecule has 3 aromatic carbocycles.